The summed E-state index contributed by atoms with van der Waals surface area (Å²) in [5.41, 5.74) is 6.91. The molecule has 0 radical (unpaired) electrons. The van der Waals surface area contributed by atoms with E-state index in [1.807, 2.05) is 18.2 Å². The van der Waals surface area contributed by atoms with Crippen molar-refractivity contribution in [3.05, 3.63) is 18.2 Å². The Kier molecular flexibility index (Phi) is 6.02. The van der Waals surface area contributed by atoms with Crippen LogP contribution in [-0.4, -0.2) is 43.8 Å². The predicted octanol–water partition coefficient (Wildman–Crippen LogP) is 3.43. The molecule has 148 valence electrons. The van der Waals surface area contributed by atoms with E-state index in [1.165, 1.54) is 44.9 Å². The number of hydrogen-bond acceptors (Lipinski definition) is 4. The first kappa shape index (κ1) is 18.4. The number of hydrogen-bond donors (Lipinski definition) is 2. The number of rotatable bonds is 4. The zero-order chi connectivity index (χ0) is 18.5. The summed E-state index contributed by atoms with van der Waals surface area (Å²) >= 11 is 0. The average molecular weight is 373 g/mol. The molecule has 1 saturated heterocycles. The lowest BCUT2D eigenvalue weighted by Crippen LogP contribution is -2.40. The van der Waals surface area contributed by atoms with E-state index in [-0.39, 0.29) is 0 Å². The molecule has 2 aliphatic heterocycles. The highest BCUT2D eigenvalue weighted by atomic mass is 16.7. The molecular weight excluding hydrogens is 340 g/mol. The molecule has 6 heteroatoms. The van der Waals surface area contributed by atoms with Crippen molar-refractivity contribution in [2.75, 3.05) is 38.3 Å². The first-order valence-electron chi connectivity index (χ1n) is 10.5. The third kappa shape index (κ3) is 4.67. The second-order valence-electron chi connectivity index (χ2n) is 8.04. The first-order valence-corrected chi connectivity index (χ1v) is 10.5. The standard InChI is InChI=1S/C21H32N4O2/c22-13-16-5-4-6-17(11-16)14-23-21(25-9-2-1-3-10-25)24-18-7-8-19-20(12-18)27-15-26-19/h7-8,12,16-17H,1-6,9-11,13-15,22H2,(H,23,24). The molecule has 2 atom stereocenters. The summed E-state index contributed by atoms with van der Waals surface area (Å²) in [5, 5.41) is 3.56. The maximum Gasteiger partial charge on any atom is 0.231 e. The fourth-order valence-corrected chi connectivity index (χ4v) is 4.43. The zero-order valence-electron chi connectivity index (χ0n) is 16.2. The minimum atomic E-state index is 0.301. The molecule has 1 aliphatic carbocycles. The van der Waals surface area contributed by atoms with Gasteiger partial charge in [0.05, 0.1) is 0 Å². The topological polar surface area (TPSA) is 72.1 Å². The number of nitrogens with one attached hydrogen (secondary N) is 1. The number of nitrogens with two attached hydrogens (primary N) is 1. The molecule has 6 nitrogen and oxygen atoms in total. The number of aliphatic imine (C=N–C) groups is 1. The van der Waals surface area contributed by atoms with Gasteiger partial charge in [-0.05, 0) is 69.0 Å². The van der Waals surface area contributed by atoms with Gasteiger partial charge >= 0.3 is 0 Å². The third-order valence-corrected chi connectivity index (χ3v) is 6.01. The van der Waals surface area contributed by atoms with E-state index < -0.39 is 0 Å². The highest BCUT2D eigenvalue weighted by Crippen LogP contribution is 2.34. The summed E-state index contributed by atoms with van der Waals surface area (Å²) in [4.78, 5) is 7.45. The van der Waals surface area contributed by atoms with Crippen LogP contribution in [0, 0.1) is 11.8 Å². The zero-order valence-corrected chi connectivity index (χ0v) is 16.2. The second kappa shape index (κ2) is 8.83. The Labute approximate surface area is 162 Å². The number of nitrogens with zero attached hydrogens (tertiary/aromatic N) is 2. The number of anilines is 1. The lowest BCUT2D eigenvalue weighted by atomic mass is 9.81. The van der Waals surface area contributed by atoms with Gasteiger partial charge < -0.3 is 25.4 Å². The van der Waals surface area contributed by atoms with E-state index in [1.54, 1.807) is 0 Å². The van der Waals surface area contributed by atoms with Crippen LogP contribution in [0.5, 0.6) is 11.5 Å². The van der Waals surface area contributed by atoms with Gasteiger partial charge in [-0.25, -0.2) is 0 Å². The highest BCUT2D eigenvalue weighted by Gasteiger charge is 2.22. The van der Waals surface area contributed by atoms with Crippen LogP contribution in [0.3, 0.4) is 0 Å². The van der Waals surface area contributed by atoms with Gasteiger partial charge in [-0.3, -0.25) is 4.99 Å². The molecule has 0 bridgehead atoms. The van der Waals surface area contributed by atoms with Crippen molar-refractivity contribution in [3.63, 3.8) is 0 Å². The second-order valence-corrected chi connectivity index (χ2v) is 8.04. The molecule has 2 fully saturated rings. The van der Waals surface area contributed by atoms with Crippen molar-refractivity contribution in [2.24, 2.45) is 22.6 Å². The molecule has 2 unspecified atom stereocenters. The lowest BCUT2D eigenvalue weighted by molar-refractivity contribution is 0.174. The van der Waals surface area contributed by atoms with E-state index in [0.29, 0.717) is 18.6 Å². The number of likely N-dealkylation sites (tertiary alicyclic amines) is 1. The van der Waals surface area contributed by atoms with Crippen LogP contribution in [0.1, 0.15) is 44.9 Å². The van der Waals surface area contributed by atoms with Crippen molar-refractivity contribution < 1.29 is 9.47 Å². The van der Waals surface area contributed by atoms with E-state index >= 15 is 0 Å². The number of fused-ring (bicyclic) bond motifs is 1. The van der Waals surface area contributed by atoms with Crippen molar-refractivity contribution in [2.45, 2.75) is 44.9 Å². The van der Waals surface area contributed by atoms with Gasteiger partial charge in [-0.1, -0.05) is 6.42 Å². The van der Waals surface area contributed by atoms with Gasteiger partial charge in [0.2, 0.25) is 6.79 Å². The molecular formula is C21H32N4O2. The van der Waals surface area contributed by atoms with Crippen LogP contribution in [0.4, 0.5) is 5.69 Å². The van der Waals surface area contributed by atoms with Gasteiger partial charge in [0, 0.05) is 31.4 Å². The fraction of sp³-hybridized carbons (Fsp3) is 0.667. The number of piperidine rings is 1. The summed E-state index contributed by atoms with van der Waals surface area (Å²) in [6.45, 7) is 4.16. The molecule has 3 aliphatic rings. The Morgan fingerprint density at radius 1 is 1.07 bits per heavy atom. The smallest absolute Gasteiger partial charge is 0.231 e. The molecule has 0 amide bonds. The quantitative estimate of drug-likeness (QED) is 0.626. The lowest BCUT2D eigenvalue weighted by Gasteiger charge is -2.31. The molecule has 3 N–H and O–H groups in total. The van der Waals surface area contributed by atoms with Crippen LogP contribution in [0.2, 0.25) is 0 Å². The molecule has 1 aromatic carbocycles. The minimum Gasteiger partial charge on any atom is -0.454 e. The predicted molar refractivity (Wildman–Crippen MR) is 108 cm³/mol. The van der Waals surface area contributed by atoms with Gasteiger partial charge in [-0.15, -0.1) is 0 Å². The van der Waals surface area contributed by atoms with Crippen molar-refractivity contribution in [1.29, 1.82) is 0 Å². The highest BCUT2D eigenvalue weighted by molar-refractivity contribution is 5.94. The summed E-state index contributed by atoms with van der Waals surface area (Å²) < 4.78 is 10.9. The third-order valence-electron chi connectivity index (χ3n) is 6.01. The van der Waals surface area contributed by atoms with Gasteiger partial charge in [-0.2, -0.15) is 0 Å². The number of ether oxygens (including phenoxy) is 2. The molecule has 2 heterocycles. The summed E-state index contributed by atoms with van der Waals surface area (Å²) in [5.74, 6) is 3.95. The van der Waals surface area contributed by atoms with E-state index in [2.05, 4.69) is 10.2 Å². The largest absolute Gasteiger partial charge is 0.454 e. The Hall–Kier alpha value is -1.95. The van der Waals surface area contributed by atoms with Crippen LogP contribution < -0.4 is 20.5 Å². The van der Waals surface area contributed by atoms with Crippen molar-refractivity contribution in [3.8, 4) is 11.5 Å². The maximum atomic E-state index is 5.91. The fourth-order valence-electron chi connectivity index (χ4n) is 4.43. The van der Waals surface area contributed by atoms with Crippen molar-refractivity contribution >= 4 is 11.6 Å². The first-order chi connectivity index (χ1) is 13.3. The van der Waals surface area contributed by atoms with Crippen LogP contribution in [-0.2, 0) is 0 Å². The number of guanidine groups is 1. The Morgan fingerprint density at radius 3 is 2.74 bits per heavy atom. The van der Waals surface area contributed by atoms with Crippen LogP contribution >= 0.6 is 0 Å². The Bertz CT molecular complexity index is 658. The molecule has 27 heavy (non-hydrogen) atoms. The molecule has 1 saturated carbocycles. The van der Waals surface area contributed by atoms with Crippen LogP contribution in [0.15, 0.2) is 23.2 Å². The maximum absolute atomic E-state index is 5.91. The van der Waals surface area contributed by atoms with Gasteiger partial charge in [0.25, 0.3) is 0 Å². The summed E-state index contributed by atoms with van der Waals surface area (Å²) in [7, 11) is 0. The monoisotopic (exact) mass is 372 g/mol. The van der Waals surface area contributed by atoms with Crippen molar-refractivity contribution in [1.82, 2.24) is 4.90 Å². The van der Waals surface area contributed by atoms with E-state index in [0.717, 1.165) is 49.3 Å². The summed E-state index contributed by atoms with van der Waals surface area (Å²) in [6.07, 6.45) is 8.85. The van der Waals surface area contributed by atoms with E-state index in [4.69, 9.17) is 20.2 Å². The molecule has 1 aromatic rings. The number of benzene rings is 1. The van der Waals surface area contributed by atoms with Gasteiger partial charge in [0.15, 0.2) is 17.5 Å². The normalized spacial score (nSPS) is 25.5. The van der Waals surface area contributed by atoms with Crippen LogP contribution in [0.25, 0.3) is 0 Å². The van der Waals surface area contributed by atoms with Gasteiger partial charge in [0.1, 0.15) is 0 Å². The molecule has 0 aromatic heterocycles. The molecule has 0 spiro atoms. The minimum absolute atomic E-state index is 0.301. The summed E-state index contributed by atoms with van der Waals surface area (Å²) in [6, 6.07) is 6.01. The SMILES string of the molecule is NCC1CCCC(CN=C(Nc2ccc3c(c2)OCO3)N2CCCCC2)C1. The van der Waals surface area contributed by atoms with E-state index in [9.17, 15) is 0 Å². The average Bonchev–Trinajstić information content (AvgIpc) is 3.20. The Morgan fingerprint density at radius 2 is 1.89 bits per heavy atom. The Balaban J connectivity index is 1.46. The molecule has 4 rings (SSSR count).